The van der Waals surface area contributed by atoms with Crippen molar-refractivity contribution in [2.24, 2.45) is 5.92 Å². The van der Waals surface area contributed by atoms with Gasteiger partial charge in [0.15, 0.2) is 0 Å². The van der Waals surface area contributed by atoms with Crippen molar-refractivity contribution < 1.29 is 14.7 Å². The fourth-order valence-electron chi connectivity index (χ4n) is 4.44. The number of anilines is 1. The summed E-state index contributed by atoms with van der Waals surface area (Å²) >= 11 is 0. The number of nitrogens with one attached hydrogen (secondary N) is 1. The van der Waals surface area contributed by atoms with Crippen LogP contribution in [0.1, 0.15) is 58.4 Å². The number of carbonyl (C=O) groups is 2. The smallest absolute Gasteiger partial charge is 0.320 e. The lowest BCUT2D eigenvalue weighted by atomic mass is 9.85. The molecule has 1 aromatic rings. The summed E-state index contributed by atoms with van der Waals surface area (Å²) in [4.78, 5) is 26.1. The summed E-state index contributed by atoms with van der Waals surface area (Å²) in [7, 11) is 0. The van der Waals surface area contributed by atoms with E-state index < -0.39 is 12.0 Å². The highest BCUT2D eigenvalue weighted by molar-refractivity contribution is 5.92. The monoisotopic (exact) mass is 358 g/mol. The molecule has 3 rings (SSSR count). The Balaban J connectivity index is 1.65. The van der Waals surface area contributed by atoms with Crippen LogP contribution in [0.5, 0.6) is 0 Å². The average molecular weight is 358 g/mol. The number of carbonyl (C=O) groups excluding carboxylic acids is 1. The number of fused-ring (bicyclic) bond motifs is 1. The third-order valence-corrected chi connectivity index (χ3v) is 5.87. The summed E-state index contributed by atoms with van der Waals surface area (Å²) in [6.45, 7) is 6.61. The molecule has 0 spiro atoms. The van der Waals surface area contributed by atoms with E-state index in [2.05, 4.69) is 26.1 Å². The molecule has 5 heteroatoms. The number of carboxylic acid groups (broad SMARTS) is 1. The van der Waals surface area contributed by atoms with Gasteiger partial charge in [0.25, 0.3) is 0 Å². The van der Waals surface area contributed by atoms with Crippen molar-refractivity contribution in [3.8, 4) is 0 Å². The van der Waals surface area contributed by atoms with Crippen molar-refractivity contribution in [2.45, 2.75) is 70.4 Å². The minimum absolute atomic E-state index is 0.0722. The molecule has 3 atom stereocenters. The van der Waals surface area contributed by atoms with Gasteiger partial charge in [-0.2, -0.15) is 0 Å². The minimum atomic E-state index is -0.804. The second-order valence-electron chi connectivity index (χ2n) is 8.75. The van der Waals surface area contributed by atoms with Crippen molar-refractivity contribution in [3.63, 3.8) is 0 Å². The van der Waals surface area contributed by atoms with Gasteiger partial charge in [-0.3, -0.25) is 14.5 Å². The molecule has 26 heavy (non-hydrogen) atoms. The fraction of sp³-hybridized carbons (Fsp3) is 0.619. The molecule has 1 amide bonds. The number of likely N-dealkylation sites (tertiary alicyclic amines) is 1. The summed E-state index contributed by atoms with van der Waals surface area (Å²) in [6.07, 6.45) is 5.06. The van der Waals surface area contributed by atoms with Crippen LogP contribution in [0, 0.1) is 5.92 Å². The van der Waals surface area contributed by atoms with Crippen molar-refractivity contribution >= 4 is 17.6 Å². The van der Waals surface area contributed by atoms with Crippen LogP contribution in [0.25, 0.3) is 0 Å². The second kappa shape index (κ2) is 7.39. The van der Waals surface area contributed by atoms with Crippen LogP contribution in [0.3, 0.4) is 0 Å². The quantitative estimate of drug-likeness (QED) is 0.862. The van der Waals surface area contributed by atoms with Crippen LogP contribution in [0.15, 0.2) is 24.3 Å². The molecule has 1 saturated carbocycles. The van der Waals surface area contributed by atoms with Gasteiger partial charge >= 0.3 is 5.97 Å². The van der Waals surface area contributed by atoms with Gasteiger partial charge in [-0.05, 0) is 48.3 Å². The summed E-state index contributed by atoms with van der Waals surface area (Å²) in [6, 6.07) is 7.60. The summed E-state index contributed by atoms with van der Waals surface area (Å²) in [5, 5.41) is 12.5. The molecule has 1 saturated heterocycles. The minimum Gasteiger partial charge on any atom is -0.480 e. The maximum absolute atomic E-state index is 12.5. The lowest BCUT2D eigenvalue weighted by Gasteiger charge is -2.32. The maximum atomic E-state index is 12.5. The number of hydrogen-bond acceptors (Lipinski definition) is 3. The largest absolute Gasteiger partial charge is 0.480 e. The van der Waals surface area contributed by atoms with Gasteiger partial charge in [-0.25, -0.2) is 0 Å². The van der Waals surface area contributed by atoms with Gasteiger partial charge in [-0.15, -0.1) is 0 Å². The first kappa shape index (κ1) is 18.9. The Hall–Kier alpha value is -1.88. The summed E-state index contributed by atoms with van der Waals surface area (Å²) < 4.78 is 0. The molecule has 142 valence electrons. The normalized spacial score (nSPS) is 26.3. The molecule has 2 aliphatic rings. The molecule has 0 bridgehead atoms. The Labute approximate surface area is 155 Å². The molecule has 0 aromatic heterocycles. The molecule has 2 N–H and O–H groups in total. The topological polar surface area (TPSA) is 69.6 Å². The van der Waals surface area contributed by atoms with Gasteiger partial charge in [0.05, 0.1) is 6.54 Å². The fourth-order valence-corrected chi connectivity index (χ4v) is 4.44. The van der Waals surface area contributed by atoms with Crippen LogP contribution >= 0.6 is 0 Å². The first-order chi connectivity index (χ1) is 12.3. The van der Waals surface area contributed by atoms with E-state index in [-0.39, 0.29) is 23.9 Å². The number of benzene rings is 1. The Bertz CT molecular complexity index is 663. The zero-order chi connectivity index (χ0) is 18.9. The van der Waals surface area contributed by atoms with E-state index in [1.165, 1.54) is 12.0 Å². The van der Waals surface area contributed by atoms with Crippen LogP contribution < -0.4 is 5.32 Å². The van der Waals surface area contributed by atoms with E-state index in [1.54, 1.807) is 0 Å². The highest BCUT2D eigenvalue weighted by Crippen LogP contribution is 2.39. The molecule has 5 nitrogen and oxygen atoms in total. The van der Waals surface area contributed by atoms with Crippen LogP contribution in [0.4, 0.5) is 5.69 Å². The van der Waals surface area contributed by atoms with Gasteiger partial charge in [0.2, 0.25) is 5.91 Å². The van der Waals surface area contributed by atoms with E-state index >= 15 is 0 Å². The molecular weight excluding hydrogens is 328 g/mol. The Morgan fingerprint density at radius 1 is 1.15 bits per heavy atom. The number of amides is 1. The zero-order valence-electron chi connectivity index (χ0n) is 16.0. The Kier molecular flexibility index (Phi) is 5.37. The zero-order valence-corrected chi connectivity index (χ0v) is 16.0. The van der Waals surface area contributed by atoms with Crippen molar-refractivity contribution in [3.05, 3.63) is 29.8 Å². The van der Waals surface area contributed by atoms with E-state index in [1.807, 2.05) is 29.2 Å². The molecule has 0 radical (unpaired) electrons. The Morgan fingerprint density at radius 3 is 2.42 bits per heavy atom. The number of hydrogen-bond donors (Lipinski definition) is 2. The number of nitrogens with zero attached hydrogens (tertiary/aromatic N) is 1. The van der Waals surface area contributed by atoms with E-state index in [0.717, 1.165) is 24.9 Å². The Morgan fingerprint density at radius 2 is 1.81 bits per heavy atom. The first-order valence-electron chi connectivity index (χ1n) is 9.64. The van der Waals surface area contributed by atoms with Gasteiger partial charge in [-0.1, -0.05) is 45.7 Å². The van der Waals surface area contributed by atoms with Crippen LogP contribution in [-0.2, 0) is 15.0 Å². The van der Waals surface area contributed by atoms with Crippen LogP contribution in [-0.4, -0.2) is 40.5 Å². The molecule has 1 aliphatic heterocycles. The summed E-state index contributed by atoms with van der Waals surface area (Å²) in [5.74, 6) is -0.517. The number of rotatable bonds is 4. The summed E-state index contributed by atoms with van der Waals surface area (Å²) in [5.41, 5.74) is 2.04. The first-order valence-corrected chi connectivity index (χ1v) is 9.64. The standard InChI is InChI=1S/C21H30N2O3/c1-21(2,3)15-8-10-16(11-9-15)22-19(24)13-23-17-7-5-4-6-14(17)12-18(23)20(25)26/h8-11,14,17-18H,4-7,12-13H2,1-3H3,(H,22,24)(H,25,26). The van der Waals surface area contributed by atoms with Gasteiger partial charge in [0.1, 0.15) is 6.04 Å². The van der Waals surface area contributed by atoms with Crippen LogP contribution in [0.2, 0.25) is 0 Å². The predicted molar refractivity (Wildman–Crippen MR) is 102 cm³/mol. The highest BCUT2D eigenvalue weighted by Gasteiger charge is 2.45. The lowest BCUT2D eigenvalue weighted by Crippen LogP contribution is -2.46. The number of aliphatic carboxylic acids is 1. The van der Waals surface area contributed by atoms with Gasteiger partial charge < -0.3 is 10.4 Å². The predicted octanol–water partition coefficient (Wildman–Crippen LogP) is 3.64. The third kappa shape index (κ3) is 4.09. The molecule has 3 unspecified atom stereocenters. The maximum Gasteiger partial charge on any atom is 0.320 e. The number of carboxylic acids is 1. The highest BCUT2D eigenvalue weighted by atomic mass is 16.4. The molecule has 1 heterocycles. The second-order valence-corrected chi connectivity index (χ2v) is 8.75. The third-order valence-electron chi connectivity index (χ3n) is 5.87. The lowest BCUT2D eigenvalue weighted by molar-refractivity contribution is -0.143. The van der Waals surface area contributed by atoms with Crippen molar-refractivity contribution in [1.29, 1.82) is 0 Å². The van der Waals surface area contributed by atoms with Gasteiger partial charge in [0, 0.05) is 11.7 Å². The van der Waals surface area contributed by atoms with E-state index in [9.17, 15) is 14.7 Å². The molecular formula is C21H30N2O3. The van der Waals surface area contributed by atoms with Crippen molar-refractivity contribution in [1.82, 2.24) is 4.90 Å². The average Bonchev–Trinajstić information content (AvgIpc) is 2.93. The molecule has 1 aliphatic carbocycles. The van der Waals surface area contributed by atoms with Crippen molar-refractivity contribution in [2.75, 3.05) is 11.9 Å². The molecule has 2 fully saturated rings. The van der Waals surface area contributed by atoms with E-state index in [0.29, 0.717) is 12.3 Å². The SMILES string of the molecule is CC(C)(C)c1ccc(NC(=O)CN2C(C(=O)O)CC3CCCCC32)cc1. The van der Waals surface area contributed by atoms with E-state index in [4.69, 9.17) is 0 Å². The molecule has 1 aromatic carbocycles.